The standard InChI is InChI=1S/C13H16IN3O.ClH/c1-8(15-3)7-12-16-13(18-17-12)10-5-4-6-11(14)9(10)2;/h4-6,8,15H,7H2,1-3H3;1H. The van der Waals surface area contributed by atoms with E-state index in [4.69, 9.17) is 4.52 Å². The molecule has 0 saturated carbocycles. The molecule has 2 rings (SSSR count). The van der Waals surface area contributed by atoms with Gasteiger partial charge in [-0.25, -0.2) is 0 Å². The fourth-order valence-corrected chi connectivity index (χ4v) is 2.16. The van der Waals surface area contributed by atoms with E-state index >= 15 is 0 Å². The monoisotopic (exact) mass is 393 g/mol. The van der Waals surface area contributed by atoms with Crippen molar-refractivity contribution in [3.63, 3.8) is 0 Å². The van der Waals surface area contributed by atoms with Crippen LogP contribution >= 0.6 is 35.0 Å². The molecule has 0 spiro atoms. The summed E-state index contributed by atoms with van der Waals surface area (Å²) in [5, 5.41) is 7.18. The molecule has 1 unspecified atom stereocenters. The number of nitrogens with one attached hydrogen (secondary N) is 1. The van der Waals surface area contributed by atoms with Gasteiger partial charge in [-0.2, -0.15) is 4.98 Å². The molecule has 0 saturated heterocycles. The number of nitrogens with zero attached hydrogens (tertiary/aromatic N) is 2. The van der Waals surface area contributed by atoms with E-state index in [1.165, 1.54) is 9.13 Å². The van der Waals surface area contributed by atoms with Gasteiger partial charge in [0.15, 0.2) is 5.82 Å². The number of likely N-dealkylation sites (N-methyl/N-ethyl adjacent to an activating group) is 1. The lowest BCUT2D eigenvalue weighted by Gasteiger charge is -2.05. The molecular weight excluding hydrogens is 377 g/mol. The lowest BCUT2D eigenvalue weighted by molar-refractivity contribution is 0.418. The third kappa shape index (κ3) is 3.90. The van der Waals surface area contributed by atoms with E-state index in [0.717, 1.165) is 17.8 Å². The Bertz CT molecular complexity index is 544. The summed E-state index contributed by atoms with van der Waals surface area (Å²) in [5.74, 6) is 1.34. The van der Waals surface area contributed by atoms with Gasteiger partial charge in [0.2, 0.25) is 0 Å². The molecular formula is C13H17ClIN3O. The summed E-state index contributed by atoms with van der Waals surface area (Å²) in [6.07, 6.45) is 0.767. The quantitative estimate of drug-likeness (QED) is 0.811. The van der Waals surface area contributed by atoms with Crippen molar-refractivity contribution in [2.24, 2.45) is 0 Å². The largest absolute Gasteiger partial charge is 0.334 e. The van der Waals surface area contributed by atoms with E-state index in [9.17, 15) is 0 Å². The van der Waals surface area contributed by atoms with Crippen molar-refractivity contribution >= 4 is 35.0 Å². The van der Waals surface area contributed by atoms with E-state index < -0.39 is 0 Å². The van der Waals surface area contributed by atoms with Crippen LogP contribution in [0.5, 0.6) is 0 Å². The van der Waals surface area contributed by atoms with E-state index in [0.29, 0.717) is 11.9 Å². The van der Waals surface area contributed by atoms with Crippen molar-refractivity contribution in [2.45, 2.75) is 26.3 Å². The number of halogens is 2. The maximum Gasteiger partial charge on any atom is 0.258 e. The van der Waals surface area contributed by atoms with Crippen LogP contribution in [0.1, 0.15) is 18.3 Å². The lowest BCUT2D eigenvalue weighted by Crippen LogP contribution is -2.24. The first-order valence-electron chi connectivity index (χ1n) is 5.87. The third-order valence-electron chi connectivity index (χ3n) is 2.95. The molecule has 0 bridgehead atoms. The first kappa shape index (κ1) is 16.4. The zero-order chi connectivity index (χ0) is 13.1. The molecule has 0 radical (unpaired) electrons. The molecule has 6 heteroatoms. The van der Waals surface area contributed by atoms with Crippen molar-refractivity contribution in [1.29, 1.82) is 0 Å². The summed E-state index contributed by atoms with van der Waals surface area (Å²) < 4.78 is 6.54. The molecule has 4 nitrogen and oxygen atoms in total. The second-order valence-electron chi connectivity index (χ2n) is 4.32. The average Bonchev–Trinajstić information content (AvgIpc) is 2.80. The SMILES string of the molecule is CNC(C)Cc1noc(-c2cccc(I)c2C)n1.Cl. The molecule has 1 atom stereocenters. The molecule has 1 heterocycles. The Balaban J connectivity index is 0.00000180. The molecule has 0 aliphatic rings. The highest BCUT2D eigenvalue weighted by Gasteiger charge is 2.13. The van der Waals surface area contributed by atoms with Crippen LogP contribution < -0.4 is 5.32 Å². The number of aromatic nitrogens is 2. The average molecular weight is 394 g/mol. The number of rotatable bonds is 4. The van der Waals surface area contributed by atoms with Crippen molar-refractivity contribution < 1.29 is 4.52 Å². The van der Waals surface area contributed by atoms with E-state index in [1.807, 2.05) is 19.2 Å². The second-order valence-corrected chi connectivity index (χ2v) is 5.48. The predicted molar refractivity (Wildman–Crippen MR) is 86.7 cm³/mol. The van der Waals surface area contributed by atoms with Crippen LogP contribution in [0.3, 0.4) is 0 Å². The zero-order valence-corrected chi connectivity index (χ0v) is 14.1. The van der Waals surface area contributed by atoms with Crippen molar-refractivity contribution in [1.82, 2.24) is 15.5 Å². The fourth-order valence-electron chi connectivity index (χ4n) is 1.66. The zero-order valence-electron chi connectivity index (χ0n) is 11.1. The van der Waals surface area contributed by atoms with Gasteiger partial charge in [-0.15, -0.1) is 12.4 Å². The van der Waals surface area contributed by atoms with Crippen LogP contribution in [0.2, 0.25) is 0 Å². The second kappa shape index (κ2) is 7.21. The van der Waals surface area contributed by atoms with Gasteiger partial charge >= 0.3 is 0 Å². The Labute approximate surface area is 132 Å². The summed E-state index contributed by atoms with van der Waals surface area (Å²) in [7, 11) is 1.93. The first-order valence-corrected chi connectivity index (χ1v) is 6.95. The minimum atomic E-state index is 0. The highest BCUT2D eigenvalue weighted by Crippen LogP contribution is 2.25. The summed E-state index contributed by atoms with van der Waals surface area (Å²) in [4.78, 5) is 4.45. The third-order valence-corrected chi connectivity index (χ3v) is 4.12. The van der Waals surface area contributed by atoms with Crippen LogP contribution in [0.25, 0.3) is 11.5 Å². The van der Waals surface area contributed by atoms with E-state index in [2.05, 4.69) is 58.0 Å². The van der Waals surface area contributed by atoms with Gasteiger partial charge in [0, 0.05) is 21.6 Å². The lowest BCUT2D eigenvalue weighted by atomic mass is 10.1. The molecule has 1 aromatic heterocycles. The van der Waals surface area contributed by atoms with E-state index in [1.54, 1.807) is 0 Å². The maximum absolute atomic E-state index is 5.34. The minimum Gasteiger partial charge on any atom is -0.334 e. The van der Waals surface area contributed by atoms with Crippen molar-refractivity contribution in [3.05, 3.63) is 33.2 Å². The molecule has 1 aromatic carbocycles. The Hall–Kier alpha value is -0.660. The first-order chi connectivity index (χ1) is 8.61. The Morgan fingerprint density at radius 1 is 1.42 bits per heavy atom. The molecule has 0 aliphatic carbocycles. The maximum atomic E-state index is 5.34. The molecule has 1 N–H and O–H groups in total. The van der Waals surface area contributed by atoms with Gasteiger partial charge in [-0.3, -0.25) is 0 Å². The Kier molecular flexibility index (Phi) is 6.22. The molecule has 104 valence electrons. The summed E-state index contributed by atoms with van der Waals surface area (Å²) in [6.45, 7) is 4.16. The number of hydrogen-bond donors (Lipinski definition) is 1. The molecule has 0 aliphatic heterocycles. The Morgan fingerprint density at radius 2 is 2.16 bits per heavy atom. The predicted octanol–water partition coefficient (Wildman–Crippen LogP) is 3.22. The van der Waals surface area contributed by atoms with Crippen molar-refractivity contribution in [2.75, 3.05) is 7.05 Å². The molecule has 0 amide bonds. The molecule has 19 heavy (non-hydrogen) atoms. The smallest absolute Gasteiger partial charge is 0.258 e. The van der Waals surface area contributed by atoms with Gasteiger partial charge in [0.1, 0.15) is 0 Å². The molecule has 2 aromatic rings. The fraction of sp³-hybridized carbons (Fsp3) is 0.385. The van der Waals surface area contributed by atoms with Crippen LogP contribution in [0.4, 0.5) is 0 Å². The summed E-state index contributed by atoms with van der Waals surface area (Å²) in [5.41, 5.74) is 2.19. The number of benzene rings is 1. The van der Waals surface area contributed by atoms with Crippen LogP contribution in [-0.2, 0) is 6.42 Å². The highest BCUT2D eigenvalue weighted by atomic mass is 127. The van der Waals surface area contributed by atoms with Gasteiger partial charge in [0.25, 0.3) is 5.89 Å². The van der Waals surface area contributed by atoms with Gasteiger partial charge in [-0.1, -0.05) is 11.2 Å². The van der Waals surface area contributed by atoms with Crippen molar-refractivity contribution in [3.8, 4) is 11.5 Å². The topological polar surface area (TPSA) is 51.0 Å². The van der Waals surface area contributed by atoms with Crippen LogP contribution in [0, 0.1) is 10.5 Å². The minimum absolute atomic E-state index is 0. The van der Waals surface area contributed by atoms with Gasteiger partial charge in [0.05, 0.1) is 0 Å². The highest BCUT2D eigenvalue weighted by molar-refractivity contribution is 14.1. The summed E-state index contributed by atoms with van der Waals surface area (Å²) >= 11 is 2.31. The normalized spacial score (nSPS) is 12.0. The van der Waals surface area contributed by atoms with Crippen LogP contribution in [-0.4, -0.2) is 23.2 Å². The van der Waals surface area contributed by atoms with E-state index in [-0.39, 0.29) is 12.4 Å². The summed E-state index contributed by atoms with van der Waals surface area (Å²) in [6, 6.07) is 6.42. The van der Waals surface area contributed by atoms with Crippen LogP contribution in [0.15, 0.2) is 22.7 Å². The van der Waals surface area contributed by atoms with Gasteiger partial charge < -0.3 is 9.84 Å². The Morgan fingerprint density at radius 3 is 2.84 bits per heavy atom. The van der Waals surface area contributed by atoms with Gasteiger partial charge in [-0.05, 0) is 61.2 Å². The number of hydrogen-bond acceptors (Lipinski definition) is 4. The molecule has 0 fully saturated rings.